The maximum Gasteiger partial charge on any atom is 0.573 e. The standard InChI is InChI=1S/C26H16F5N5O2S/c27-20-2-1-3-21(28)24(20)34-25(37)35-39-33-13-15-4-10-19-16(12-15)5-11-22-23(19)32-14-36(22)17-6-8-18(9-7-17)38-26(29,30)31/h1-14H,(H2,34,35,37). The Morgan fingerprint density at radius 3 is 2.46 bits per heavy atom. The van der Waals surface area contributed by atoms with Crippen molar-refractivity contribution in [1.29, 1.82) is 0 Å². The summed E-state index contributed by atoms with van der Waals surface area (Å²) in [5.74, 6) is -2.12. The minimum absolute atomic E-state index is 0.316. The number of anilines is 1. The molecule has 0 aliphatic carbocycles. The number of fused-ring (bicyclic) bond motifs is 3. The van der Waals surface area contributed by atoms with Gasteiger partial charge in [0, 0.05) is 17.3 Å². The smallest absolute Gasteiger partial charge is 0.406 e. The molecule has 7 nitrogen and oxygen atoms in total. The van der Waals surface area contributed by atoms with E-state index in [0.29, 0.717) is 23.3 Å². The number of nitrogens with one attached hydrogen (secondary N) is 2. The topological polar surface area (TPSA) is 80.5 Å². The molecule has 0 aliphatic heterocycles. The van der Waals surface area contributed by atoms with E-state index in [1.807, 2.05) is 24.3 Å². The maximum atomic E-state index is 13.6. The van der Waals surface area contributed by atoms with Gasteiger partial charge in [0.25, 0.3) is 0 Å². The molecule has 0 aliphatic rings. The van der Waals surface area contributed by atoms with Gasteiger partial charge in [0.1, 0.15) is 29.4 Å². The van der Waals surface area contributed by atoms with Crippen molar-refractivity contribution in [2.75, 3.05) is 5.32 Å². The first-order valence-corrected chi connectivity index (χ1v) is 11.9. The Balaban J connectivity index is 1.27. The number of carbonyl (C=O) groups excluding carboxylic acids is 1. The summed E-state index contributed by atoms with van der Waals surface area (Å²) in [6, 6.07) is 17.1. The van der Waals surface area contributed by atoms with Gasteiger partial charge in [-0.15, -0.1) is 13.2 Å². The molecule has 0 saturated carbocycles. The zero-order valence-electron chi connectivity index (χ0n) is 19.5. The van der Waals surface area contributed by atoms with E-state index >= 15 is 0 Å². The van der Waals surface area contributed by atoms with Gasteiger partial charge in [-0.3, -0.25) is 9.29 Å². The monoisotopic (exact) mass is 557 g/mol. The Hall–Kier alpha value is -4.65. The zero-order valence-corrected chi connectivity index (χ0v) is 20.4. The van der Waals surface area contributed by atoms with Gasteiger partial charge in [-0.1, -0.05) is 24.3 Å². The minimum atomic E-state index is -4.76. The summed E-state index contributed by atoms with van der Waals surface area (Å²) in [6.45, 7) is 0. The number of aromatic nitrogens is 2. The molecular formula is C26H16F5N5O2S. The molecule has 2 N–H and O–H groups in total. The summed E-state index contributed by atoms with van der Waals surface area (Å²) in [4.78, 5) is 16.4. The number of halogens is 5. The Labute approximate surface area is 221 Å². The summed E-state index contributed by atoms with van der Waals surface area (Å²) >= 11 is 0.675. The third-order valence-corrected chi connectivity index (χ3v) is 5.99. The van der Waals surface area contributed by atoms with Gasteiger partial charge >= 0.3 is 12.4 Å². The van der Waals surface area contributed by atoms with E-state index in [9.17, 15) is 26.7 Å². The summed E-state index contributed by atoms with van der Waals surface area (Å²) in [6.07, 6.45) is -1.68. The second-order valence-corrected chi connectivity index (χ2v) is 8.65. The molecule has 0 spiro atoms. The number of urea groups is 1. The van der Waals surface area contributed by atoms with Crippen LogP contribution in [0.15, 0.2) is 83.5 Å². The van der Waals surface area contributed by atoms with Gasteiger partial charge in [0.2, 0.25) is 0 Å². The van der Waals surface area contributed by atoms with Crippen LogP contribution in [0.3, 0.4) is 0 Å². The van der Waals surface area contributed by atoms with Crippen molar-refractivity contribution in [2.24, 2.45) is 4.40 Å². The molecule has 0 radical (unpaired) electrons. The molecule has 13 heteroatoms. The third kappa shape index (κ3) is 5.93. The van der Waals surface area contributed by atoms with Crippen molar-refractivity contribution >= 4 is 51.9 Å². The molecule has 0 unspecified atom stereocenters. The number of imidazole rings is 1. The Morgan fingerprint density at radius 2 is 1.74 bits per heavy atom. The number of amides is 2. The van der Waals surface area contributed by atoms with Crippen LogP contribution < -0.4 is 14.8 Å². The molecule has 1 heterocycles. The SMILES string of the molecule is O=C(NSN=Cc1ccc2c(ccc3c2ncn3-c2ccc(OC(F)(F)F)cc2)c1)Nc1c(F)cccc1F. The van der Waals surface area contributed by atoms with E-state index in [1.165, 1.54) is 36.5 Å². The summed E-state index contributed by atoms with van der Waals surface area (Å²) in [5, 5.41) is 3.79. The average molecular weight is 558 g/mol. The number of alkyl halides is 3. The van der Waals surface area contributed by atoms with Gasteiger partial charge in [-0.2, -0.15) is 0 Å². The van der Waals surface area contributed by atoms with E-state index in [-0.39, 0.29) is 5.75 Å². The van der Waals surface area contributed by atoms with E-state index in [2.05, 4.69) is 24.2 Å². The lowest BCUT2D eigenvalue weighted by atomic mass is 10.1. The third-order valence-electron chi connectivity index (χ3n) is 5.50. The molecule has 2 amide bonds. The summed E-state index contributed by atoms with van der Waals surface area (Å²) in [7, 11) is 0. The van der Waals surface area contributed by atoms with Crippen molar-refractivity contribution in [2.45, 2.75) is 6.36 Å². The van der Waals surface area contributed by atoms with Crippen LogP contribution in [0.25, 0.3) is 27.5 Å². The summed E-state index contributed by atoms with van der Waals surface area (Å²) < 4.78 is 76.6. The highest BCUT2D eigenvalue weighted by molar-refractivity contribution is 7.96. The number of hydrogen-bond acceptors (Lipinski definition) is 5. The number of benzene rings is 4. The normalized spacial score (nSPS) is 11.8. The molecule has 5 rings (SSSR count). The molecular weight excluding hydrogens is 541 g/mol. The second kappa shape index (κ2) is 10.6. The quantitative estimate of drug-likeness (QED) is 0.132. The highest BCUT2D eigenvalue weighted by Gasteiger charge is 2.31. The molecule has 4 aromatic carbocycles. The Morgan fingerprint density at radius 1 is 1.00 bits per heavy atom. The fourth-order valence-electron chi connectivity index (χ4n) is 3.83. The molecule has 1 aromatic heterocycles. The lowest BCUT2D eigenvalue weighted by Gasteiger charge is -2.10. The molecule has 198 valence electrons. The predicted octanol–water partition coefficient (Wildman–Crippen LogP) is 7.16. The maximum absolute atomic E-state index is 13.6. The highest BCUT2D eigenvalue weighted by atomic mass is 32.2. The number of hydrogen-bond donors (Lipinski definition) is 2. The van der Waals surface area contributed by atoms with Crippen molar-refractivity contribution in [3.05, 3.63) is 96.3 Å². The van der Waals surface area contributed by atoms with Crippen LogP contribution in [0.1, 0.15) is 5.56 Å². The van der Waals surface area contributed by atoms with Crippen LogP contribution in [-0.2, 0) is 0 Å². The van der Waals surface area contributed by atoms with Crippen LogP contribution >= 0.6 is 12.1 Å². The van der Waals surface area contributed by atoms with E-state index < -0.39 is 29.7 Å². The summed E-state index contributed by atoms with van der Waals surface area (Å²) in [5.41, 5.74) is 2.22. The van der Waals surface area contributed by atoms with Crippen molar-refractivity contribution in [3.8, 4) is 11.4 Å². The zero-order chi connectivity index (χ0) is 27.6. The Kier molecular flexibility index (Phi) is 7.07. The average Bonchev–Trinajstić information content (AvgIpc) is 3.33. The molecule has 0 atom stereocenters. The first-order chi connectivity index (χ1) is 18.7. The van der Waals surface area contributed by atoms with Gasteiger partial charge in [-0.05, 0) is 59.5 Å². The van der Waals surface area contributed by atoms with Crippen molar-refractivity contribution in [3.63, 3.8) is 0 Å². The van der Waals surface area contributed by atoms with Crippen molar-refractivity contribution in [1.82, 2.24) is 14.3 Å². The van der Waals surface area contributed by atoms with Crippen LogP contribution in [0.5, 0.6) is 5.75 Å². The lowest BCUT2D eigenvalue weighted by molar-refractivity contribution is -0.274. The van der Waals surface area contributed by atoms with Gasteiger partial charge in [0.05, 0.1) is 23.2 Å². The lowest BCUT2D eigenvalue weighted by Crippen LogP contribution is -2.23. The van der Waals surface area contributed by atoms with Crippen LogP contribution in [0.4, 0.5) is 32.4 Å². The molecule has 39 heavy (non-hydrogen) atoms. The van der Waals surface area contributed by atoms with Gasteiger partial charge in [0.15, 0.2) is 0 Å². The predicted molar refractivity (Wildman–Crippen MR) is 139 cm³/mol. The fraction of sp³-hybridized carbons (Fsp3) is 0.0385. The first-order valence-electron chi connectivity index (χ1n) is 11.1. The molecule has 0 bridgehead atoms. The largest absolute Gasteiger partial charge is 0.573 e. The molecule has 0 saturated heterocycles. The fourth-order valence-corrected chi connectivity index (χ4v) is 4.19. The number of para-hydroxylation sites is 1. The van der Waals surface area contributed by atoms with E-state index in [1.54, 1.807) is 17.0 Å². The van der Waals surface area contributed by atoms with Crippen molar-refractivity contribution < 1.29 is 31.5 Å². The van der Waals surface area contributed by atoms with E-state index in [4.69, 9.17) is 0 Å². The number of nitrogens with zero attached hydrogens (tertiary/aromatic N) is 3. The highest BCUT2D eigenvalue weighted by Crippen LogP contribution is 2.29. The molecule has 0 fully saturated rings. The van der Waals surface area contributed by atoms with Crippen LogP contribution in [0, 0.1) is 11.6 Å². The Bertz CT molecular complexity index is 1680. The first kappa shape index (κ1) is 26.0. The van der Waals surface area contributed by atoms with Crippen LogP contribution in [-0.4, -0.2) is 28.2 Å². The number of ether oxygens (including phenoxy) is 1. The second-order valence-electron chi connectivity index (χ2n) is 8.05. The van der Waals surface area contributed by atoms with Gasteiger partial charge in [-0.25, -0.2) is 23.0 Å². The van der Waals surface area contributed by atoms with E-state index in [0.717, 1.165) is 34.0 Å². The molecule has 5 aromatic rings. The van der Waals surface area contributed by atoms with Gasteiger partial charge < -0.3 is 10.1 Å². The number of carbonyl (C=O) groups is 1. The van der Waals surface area contributed by atoms with Crippen LogP contribution in [0.2, 0.25) is 0 Å². The minimum Gasteiger partial charge on any atom is -0.406 e. The number of rotatable bonds is 6.